The van der Waals surface area contributed by atoms with Crippen LogP contribution in [0.4, 0.5) is 5.82 Å². The predicted molar refractivity (Wildman–Crippen MR) is 79.3 cm³/mol. The molecule has 1 N–H and O–H groups in total. The van der Waals surface area contributed by atoms with Crippen LogP contribution >= 0.6 is 0 Å². The molecule has 0 aliphatic heterocycles. The van der Waals surface area contributed by atoms with Crippen LogP contribution in [0.5, 0.6) is 0 Å². The molecule has 0 fully saturated rings. The topological polar surface area (TPSA) is 66.3 Å². The van der Waals surface area contributed by atoms with Crippen LogP contribution in [0.1, 0.15) is 36.5 Å². The van der Waals surface area contributed by atoms with Crippen molar-refractivity contribution in [1.82, 2.24) is 9.97 Å². The molecule has 1 aromatic heterocycles. The first-order chi connectivity index (χ1) is 9.63. The number of carboxylic acid groups (broad SMARTS) is 1. The number of fused-ring (bicyclic) bond motifs is 1. The van der Waals surface area contributed by atoms with Gasteiger partial charge in [-0.1, -0.05) is 19.8 Å². The quantitative estimate of drug-likeness (QED) is 0.820. The Bertz CT molecular complexity index is 613. The van der Waals surface area contributed by atoms with E-state index in [0.29, 0.717) is 5.52 Å². The van der Waals surface area contributed by atoms with E-state index < -0.39 is 5.97 Å². The second-order valence-electron chi connectivity index (χ2n) is 4.86. The molecule has 1 aromatic carbocycles. The number of nitrogens with zero attached hydrogens (tertiary/aromatic N) is 3. The number of carboxylic acids is 1. The predicted octanol–water partition coefficient (Wildman–Crippen LogP) is 2.95. The standard InChI is InChI=1S/C15H19N3O2/c1-3-4-5-8-18(2)14-12-7-6-11(15(19)20)9-13(12)16-10-17-14/h6-7,9-10H,3-5,8H2,1-2H3,(H,19,20). The highest BCUT2D eigenvalue weighted by molar-refractivity contribution is 5.96. The molecule has 0 saturated carbocycles. The van der Waals surface area contributed by atoms with Gasteiger partial charge in [0.2, 0.25) is 0 Å². The van der Waals surface area contributed by atoms with Gasteiger partial charge in [-0.25, -0.2) is 14.8 Å². The number of hydrogen-bond donors (Lipinski definition) is 1. The van der Waals surface area contributed by atoms with Crippen LogP contribution in [0.3, 0.4) is 0 Å². The van der Waals surface area contributed by atoms with Gasteiger partial charge in [0.05, 0.1) is 11.1 Å². The lowest BCUT2D eigenvalue weighted by atomic mass is 10.1. The number of benzene rings is 1. The number of hydrogen-bond acceptors (Lipinski definition) is 4. The van der Waals surface area contributed by atoms with Crippen molar-refractivity contribution in [3.63, 3.8) is 0 Å². The number of aromatic nitrogens is 2. The largest absolute Gasteiger partial charge is 0.478 e. The Kier molecular flexibility index (Phi) is 4.50. The van der Waals surface area contributed by atoms with Crippen LogP contribution in [0.25, 0.3) is 10.9 Å². The zero-order valence-corrected chi connectivity index (χ0v) is 11.8. The Morgan fingerprint density at radius 2 is 2.10 bits per heavy atom. The Balaban J connectivity index is 2.32. The third-order valence-electron chi connectivity index (χ3n) is 3.32. The van der Waals surface area contributed by atoms with Crippen LogP contribution in [0.15, 0.2) is 24.5 Å². The molecule has 0 aliphatic rings. The molecule has 0 bridgehead atoms. The highest BCUT2D eigenvalue weighted by atomic mass is 16.4. The molecule has 2 rings (SSSR count). The summed E-state index contributed by atoms with van der Waals surface area (Å²) in [6.45, 7) is 3.11. The van der Waals surface area contributed by atoms with Crippen molar-refractivity contribution in [2.45, 2.75) is 26.2 Å². The number of anilines is 1. The summed E-state index contributed by atoms with van der Waals surface area (Å²) in [5.74, 6) is -0.0913. The van der Waals surface area contributed by atoms with Gasteiger partial charge in [0.1, 0.15) is 12.1 Å². The molecule has 2 aromatic rings. The maximum absolute atomic E-state index is 11.0. The molecular formula is C15H19N3O2. The van der Waals surface area contributed by atoms with Crippen molar-refractivity contribution in [3.05, 3.63) is 30.1 Å². The minimum atomic E-state index is -0.941. The van der Waals surface area contributed by atoms with Crippen LogP contribution in [0.2, 0.25) is 0 Å². The fraction of sp³-hybridized carbons (Fsp3) is 0.400. The highest BCUT2D eigenvalue weighted by Crippen LogP contribution is 2.23. The average Bonchev–Trinajstić information content (AvgIpc) is 2.46. The fourth-order valence-electron chi connectivity index (χ4n) is 2.18. The van der Waals surface area contributed by atoms with E-state index in [1.807, 2.05) is 7.05 Å². The smallest absolute Gasteiger partial charge is 0.335 e. The Morgan fingerprint density at radius 3 is 2.80 bits per heavy atom. The lowest BCUT2D eigenvalue weighted by Crippen LogP contribution is -2.20. The first-order valence-corrected chi connectivity index (χ1v) is 6.82. The lowest BCUT2D eigenvalue weighted by Gasteiger charge is -2.19. The van der Waals surface area contributed by atoms with Crippen molar-refractivity contribution < 1.29 is 9.90 Å². The maximum Gasteiger partial charge on any atom is 0.335 e. The van der Waals surface area contributed by atoms with Crippen LogP contribution in [0, 0.1) is 0 Å². The molecule has 5 heteroatoms. The second-order valence-corrected chi connectivity index (χ2v) is 4.86. The minimum Gasteiger partial charge on any atom is -0.478 e. The maximum atomic E-state index is 11.0. The van der Waals surface area contributed by atoms with Gasteiger partial charge in [-0.3, -0.25) is 0 Å². The third-order valence-corrected chi connectivity index (χ3v) is 3.32. The molecule has 0 amide bonds. The molecule has 5 nitrogen and oxygen atoms in total. The van der Waals surface area contributed by atoms with Crippen molar-refractivity contribution >= 4 is 22.7 Å². The summed E-state index contributed by atoms with van der Waals surface area (Å²) in [6.07, 6.45) is 4.97. The minimum absolute atomic E-state index is 0.246. The molecule has 106 valence electrons. The second kappa shape index (κ2) is 6.32. The van der Waals surface area contributed by atoms with Crippen molar-refractivity contribution in [3.8, 4) is 0 Å². The van der Waals surface area contributed by atoms with Crippen molar-refractivity contribution in [2.24, 2.45) is 0 Å². The van der Waals surface area contributed by atoms with Gasteiger partial charge in [0.15, 0.2) is 0 Å². The molecule has 0 unspecified atom stereocenters. The first-order valence-electron chi connectivity index (χ1n) is 6.82. The molecule has 20 heavy (non-hydrogen) atoms. The van der Waals surface area contributed by atoms with Crippen molar-refractivity contribution in [1.29, 1.82) is 0 Å². The van der Waals surface area contributed by atoms with Crippen LogP contribution in [-0.4, -0.2) is 34.6 Å². The number of aromatic carboxylic acids is 1. The molecule has 0 spiro atoms. The number of rotatable bonds is 6. The Morgan fingerprint density at radius 1 is 1.30 bits per heavy atom. The summed E-state index contributed by atoms with van der Waals surface area (Å²) in [4.78, 5) is 21.6. The Labute approximate surface area is 118 Å². The van der Waals surface area contributed by atoms with E-state index in [0.717, 1.165) is 24.2 Å². The molecule has 1 heterocycles. The van der Waals surface area contributed by atoms with Crippen LogP contribution < -0.4 is 4.90 Å². The van der Waals surface area contributed by atoms with E-state index in [9.17, 15) is 4.79 Å². The van der Waals surface area contributed by atoms with Gasteiger partial charge in [-0.15, -0.1) is 0 Å². The summed E-state index contributed by atoms with van der Waals surface area (Å²) in [7, 11) is 2.00. The lowest BCUT2D eigenvalue weighted by molar-refractivity contribution is 0.0697. The van der Waals surface area contributed by atoms with Gasteiger partial charge in [0, 0.05) is 19.0 Å². The van der Waals surface area contributed by atoms with Gasteiger partial charge < -0.3 is 10.0 Å². The van der Waals surface area contributed by atoms with E-state index in [-0.39, 0.29) is 5.56 Å². The summed E-state index contributed by atoms with van der Waals surface area (Å²) in [5.41, 5.74) is 0.910. The Hall–Kier alpha value is -2.17. The van der Waals surface area contributed by atoms with Crippen LogP contribution in [-0.2, 0) is 0 Å². The average molecular weight is 273 g/mol. The summed E-state index contributed by atoms with van der Waals surface area (Å²) in [5, 5.41) is 9.90. The number of carbonyl (C=O) groups is 1. The SMILES string of the molecule is CCCCCN(C)c1ncnc2cc(C(=O)O)ccc12. The van der Waals surface area contributed by atoms with Gasteiger partial charge in [-0.2, -0.15) is 0 Å². The molecule has 0 radical (unpaired) electrons. The zero-order chi connectivity index (χ0) is 14.5. The molecule has 0 aliphatic carbocycles. The summed E-state index contributed by atoms with van der Waals surface area (Å²) in [6, 6.07) is 4.96. The monoisotopic (exact) mass is 273 g/mol. The summed E-state index contributed by atoms with van der Waals surface area (Å²) >= 11 is 0. The third kappa shape index (κ3) is 3.04. The van der Waals surface area contributed by atoms with Crippen molar-refractivity contribution in [2.75, 3.05) is 18.5 Å². The van der Waals surface area contributed by atoms with E-state index in [1.165, 1.54) is 19.2 Å². The van der Waals surface area contributed by atoms with Gasteiger partial charge >= 0.3 is 5.97 Å². The van der Waals surface area contributed by atoms with E-state index >= 15 is 0 Å². The normalized spacial score (nSPS) is 10.7. The summed E-state index contributed by atoms with van der Waals surface area (Å²) < 4.78 is 0. The molecule has 0 saturated heterocycles. The van der Waals surface area contributed by atoms with E-state index in [4.69, 9.17) is 5.11 Å². The number of unbranched alkanes of at least 4 members (excludes halogenated alkanes) is 2. The van der Waals surface area contributed by atoms with E-state index in [2.05, 4.69) is 21.8 Å². The fourth-order valence-corrected chi connectivity index (χ4v) is 2.18. The molecular weight excluding hydrogens is 254 g/mol. The van der Waals surface area contributed by atoms with E-state index in [1.54, 1.807) is 18.2 Å². The first kappa shape index (κ1) is 14.2. The van der Waals surface area contributed by atoms with Gasteiger partial charge in [0.25, 0.3) is 0 Å². The van der Waals surface area contributed by atoms with Gasteiger partial charge in [-0.05, 0) is 24.6 Å². The molecule has 0 atom stereocenters. The highest BCUT2D eigenvalue weighted by Gasteiger charge is 2.10. The zero-order valence-electron chi connectivity index (χ0n) is 11.8.